The number of hydrogen-bond acceptors (Lipinski definition) is 10. The number of unbranched alkanes of at least 4 members (excludes halogenated alkanes) is 20. The molecule has 0 fully saturated rings. The van der Waals surface area contributed by atoms with E-state index in [2.05, 4.69) is 109 Å². The first-order valence-corrected chi connectivity index (χ1v) is 26.8. The molecule has 0 aliphatic carbocycles. The third kappa shape index (κ3) is 17.9. The number of rotatable bonds is 32. The van der Waals surface area contributed by atoms with E-state index in [1.54, 1.807) is 0 Å². The summed E-state index contributed by atoms with van der Waals surface area (Å²) < 4.78 is 45.7. The van der Waals surface area contributed by atoms with Crippen molar-refractivity contribution in [3.8, 4) is 23.0 Å². The van der Waals surface area contributed by atoms with E-state index in [0.29, 0.717) is 26.4 Å². The Morgan fingerprint density at radius 1 is 0.310 bits per heavy atom. The number of hydrogen-bond donors (Lipinski definition) is 0. The Bertz CT molecular complexity index is 1450. The van der Waals surface area contributed by atoms with Crippen molar-refractivity contribution in [3.63, 3.8) is 0 Å². The van der Waals surface area contributed by atoms with Gasteiger partial charge in [0.1, 0.15) is 22.1 Å². The van der Waals surface area contributed by atoms with Crippen LogP contribution in [0.25, 0.3) is 22.1 Å². The number of fused-ring (bicyclic) bond motifs is 2. The Morgan fingerprint density at radius 2 is 0.500 bits per heavy atom. The zero-order valence-electron chi connectivity index (χ0n) is 35.5. The van der Waals surface area contributed by atoms with Crippen LogP contribution < -0.4 is 18.9 Å². The fourth-order valence-corrected chi connectivity index (χ4v) is 10.4. The van der Waals surface area contributed by atoms with Crippen molar-refractivity contribution >= 4 is 109 Å². The van der Waals surface area contributed by atoms with E-state index in [0.717, 1.165) is 88.6 Å². The summed E-state index contributed by atoms with van der Waals surface area (Å²) >= 11 is 17.1. The van der Waals surface area contributed by atoms with Gasteiger partial charge in [-0.25, -0.2) is 0 Å². The van der Waals surface area contributed by atoms with Crippen molar-refractivity contribution in [2.45, 2.75) is 182 Å². The minimum Gasteiger partial charge on any atom is -0.488 e. The molecular weight excluding hydrogens is 1030 g/mol. The van der Waals surface area contributed by atoms with Crippen molar-refractivity contribution in [2.24, 2.45) is 0 Å². The maximum atomic E-state index is 6.18. The van der Waals surface area contributed by atoms with E-state index in [1.165, 1.54) is 152 Å². The van der Waals surface area contributed by atoms with E-state index in [4.69, 9.17) is 18.9 Å². The van der Waals surface area contributed by atoms with E-state index in [9.17, 15) is 0 Å². The largest absolute Gasteiger partial charge is 0.488 e. The summed E-state index contributed by atoms with van der Waals surface area (Å²) in [6, 6.07) is 0. The molecule has 2 aromatic carbocycles. The van der Waals surface area contributed by atoms with Gasteiger partial charge in [0.25, 0.3) is 0 Å². The molecular formula is C44H68Br4N4O4S2. The molecule has 0 N–H and O–H groups in total. The van der Waals surface area contributed by atoms with Crippen molar-refractivity contribution in [1.29, 1.82) is 0 Å². The molecule has 0 radical (unpaired) electrons. The second-order valence-corrected chi connectivity index (χ2v) is 19.2. The van der Waals surface area contributed by atoms with Gasteiger partial charge in [-0.3, -0.25) is 0 Å². The number of aromatic nitrogens is 4. The molecule has 14 heteroatoms. The van der Waals surface area contributed by atoms with Crippen molar-refractivity contribution < 1.29 is 18.9 Å². The average Bonchev–Trinajstić information content (AvgIpc) is 3.94. The first-order chi connectivity index (χ1) is 28.4. The molecule has 8 nitrogen and oxygen atoms in total. The van der Waals surface area contributed by atoms with E-state index < -0.39 is 0 Å². The van der Waals surface area contributed by atoms with Crippen LogP contribution in [0.2, 0.25) is 0 Å². The highest BCUT2D eigenvalue weighted by Gasteiger charge is 2.24. The lowest BCUT2D eigenvalue weighted by Crippen LogP contribution is -2.05. The molecule has 0 spiro atoms. The van der Waals surface area contributed by atoms with Gasteiger partial charge in [0, 0.05) is 0 Å². The Hall–Kier alpha value is -0.800. The zero-order valence-corrected chi connectivity index (χ0v) is 43.5. The van der Waals surface area contributed by atoms with Crippen LogP contribution in [0.1, 0.15) is 182 Å². The summed E-state index contributed by atoms with van der Waals surface area (Å²) in [6.07, 6.45) is 29.8. The monoisotopic (exact) mass is 1100 g/mol. The van der Waals surface area contributed by atoms with Crippen LogP contribution >= 0.6 is 87.2 Å². The summed E-state index contributed by atoms with van der Waals surface area (Å²) in [6.45, 7) is 11.7. The molecule has 2 heterocycles. The molecule has 0 aliphatic heterocycles. The summed E-state index contributed by atoms with van der Waals surface area (Å²) in [5.74, 6) is 2.99. The molecule has 0 saturated carbocycles. The Morgan fingerprint density at radius 3 is 0.707 bits per heavy atom. The third-order valence-electron chi connectivity index (χ3n) is 10.00. The van der Waals surface area contributed by atoms with Crippen LogP contribution in [0.5, 0.6) is 23.0 Å². The van der Waals surface area contributed by atoms with Crippen LogP contribution in [0, 0.1) is 0 Å². The van der Waals surface area contributed by atoms with Gasteiger partial charge in [0.05, 0.1) is 67.8 Å². The maximum Gasteiger partial charge on any atom is 0.178 e. The molecule has 0 aliphatic rings. The first kappa shape index (κ1) is 51.5. The first-order valence-electron chi connectivity index (χ1n) is 22.2. The minimum absolute atomic E-state index is 0.688. The SMILES string of the molecule is CCCCCCCCOc1c(OCCCCCCCC)c(Br)c2nsnc2c1Br.CCCCCCCCOc1c(OCCCCCCCC)c(Br)c2nsnc2c1Br. The predicted octanol–water partition coefficient (Wildman–Crippen LogP) is 17.4. The summed E-state index contributed by atoms with van der Waals surface area (Å²) in [5.41, 5.74) is 3.30. The molecule has 0 unspecified atom stereocenters. The van der Waals surface area contributed by atoms with Gasteiger partial charge in [0.2, 0.25) is 0 Å². The molecule has 0 amide bonds. The van der Waals surface area contributed by atoms with Crippen LogP contribution in [0.3, 0.4) is 0 Å². The van der Waals surface area contributed by atoms with Gasteiger partial charge in [-0.15, -0.1) is 0 Å². The van der Waals surface area contributed by atoms with E-state index in [1.807, 2.05) is 0 Å². The van der Waals surface area contributed by atoms with Crippen LogP contribution in [-0.4, -0.2) is 43.9 Å². The topological polar surface area (TPSA) is 88.5 Å². The predicted molar refractivity (Wildman–Crippen MR) is 261 cm³/mol. The number of benzene rings is 2. The summed E-state index contributed by atoms with van der Waals surface area (Å²) in [4.78, 5) is 0. The van der Waals surface area contributed by atoms with Gasteiger partial charge in [-0.2, -0.15) is 17.5 Å². The molecule has 0 saturated heterocycles. The fourth-order valence-electron chi connectivity index (χ4n) is 6.52. The molecule has 0 bridgehead atoms. The molecule has 0 atom stereocenters. The van der Waals surface area contributed by atoms with Gasteiger partial charge in [-0.1, -0.05) is 156 Å². The zero-order chi connectivity index (χ0) is 41.8. The molecule has 2 aromatic heterocycles. The lowest BCUT2D eigenvalue weighted by Gasteiger charge is -2.16. The molecule has 4 aromatic rings. The second kappa shape index (κ2) is 32.0. The second-order valence-electron chi connectivity index (χ2n) is 15.0. The molecule has 4 rings (SSSR count). The standard InChI is InChI=1S/2C22H34Br2N2O2S/c2*1-3-5-7-9-11-13-15-27-21-17(23)19-20(26-29-25-19)18(24)22(21)28-16-14-12-10-8-6-4-2/h2*3-16H2,1-2H3. The summed E-state index contributed by atoms with van der Waals surface area (Å²) in [5, 5.41) is 0. The van der Waals surface area contributed by atoms with Crippen LogP contribution in [0.4, 0.5) is 0 Å². The maximum absolute atomic E-state index is 6.18. The quantitative estimate of drug-likeness (QED) is 0.0447. The van der Waals surface area contributed by atoms with Crippen LogP contribution in [0.15, 0.2) is 17.9 Å². The fraction of sp³-hybridized carbons (Fsp3) is 0.727. The molecule has 58 heavy (non-hydrogen) atoms. The smallest absolute Gasteiger partial charge is 0.178 e. The van der Waals surface area contributed by atoms with Crippen molar-refractivity contribution in [2.75, 3.05) is 26.4 Å². The number of halogens is 4. The van der Waals surface area contributed by atoms with Crippen molar-refractivity contribution in [3.05, 3.63) is 17.9 Å². The average molecular weight is 1100 g/mol. The van der Waals surface area contributed by atoms with Crippen LogP contribution in [-0.2, 0) is 0 Å². The van der Waals surface area contributed by atoms with Gasteiger partial charge < -0.3 is 18.9 Å². The third-order valence-corrected chi connectivity index (χ3v) is 14.0. The normalized spacial score (nSPS) is 11.3. The highest BCUT2D eigenvalue weighted by Crippen LogP contribution is 2.48. The van der Waals surface area contributed by atoms with Crippen molar-refractivity contribution in [1.82, 2.24) is 17.5 Å². The van der Waals surface area contributed by atoms with E-state index in [-0.39, 0.29) is 0 Å². The number of ether oxygens (including phenoxy) is 4. The molecule has 328 valence electrons. The number of nitrogens with zero attached hydrogens (tertiary/aromatic N) is 4. The van der Waals surface area contributed by atoms with Gasteiger partial charge in [-0.05, 0) is 89.4 Å². The lowest BCUT2D eigenvalue weighted by molar-refractivity contribution is 0.256. The lowest BCUT2D eigenvalue weighted by atomic mass is 10.1. The highest BCUT2D eigenvalue weighted by atomic mass is 79.9. The van der Waals surface area contributed by atoms with E-state index >= 15 is 0 Å². The van der Waals surface area contributed by atoms with Gasteiger partial charge >= 0.3 is 0 Å². The van der Waals surface area contributed by atoms with Gasteiger partial charge in [0.15, 0.2) is 23.0 Å². The minimum atomic E-state index is 0.688. The Balaban J connectivity index is 0.000000310. The summed E-state index contributed by atoms with van der Waals surface area (Å²) in [7, 11) is 0. The highest BCUT2D eigenvalue weighted by molar-refractivity contribution is 9.11. The Labute approximate surface area is 391 Å². The Kier molecular flexibility index (Phi) is 28.4.